The third-order valence-electron chi connectivity index (χ3n) is 5.32. The summed E-state index contributed by atoms with van der Waals surface area (Å²) < 4.78 is 5.70. The Hall–Kier alpha value is -3.55. The molecule has 0 saturated carbocycles. The summed E-state index contributed by atoms with van der Waals surface area (Å²) in [6.45, 7) is 3.57. The first-order valence-electron chi connectivity index (χ1n) is 10.4. The minimum atomic E-state index is -1.90. The van der Waals surface area contributed by atoms with Crippen LogP contribution in [-0.4, -0.2) is 34.2 Å². The van der Waals surface area contributed by atoms with E-state index in [0.717, 1.165) is 27.9 Å². The molecule has 166 valence electrons. The van der Waals surface area contributed by atoms with Crippen molar-refractivity contribution in [2.75, 3.05) is 6.54 Å². The summed E-state index contributed by atoms with van der Waals surface area (Å²) in [6, 6.07) is 21.4. The minimum Gasteiger partial charge on any atom is -0.353 e. The molecular weight excluding hydrogens is 406 g/mol. The second-order valence-corrected chi connectivity index (χ2v) is 7.60. The van der Waals surface area contributed by atoms with Crippen molar-refractivity contribution in [3.63, 3.8) is 0 Å². The van der Waals surface area contributed by atoms with Crippen LogP contribution in [0.15, 0.2) is 72.9 Å². The average Bonchev–Trinajstić information content (AvgIpc) is 2.84. The number of hydrogen-bond donors (Lipinski definition) is 3. The van der Waals surface area contributed by atoms with Gasteiger partial charge in [-0.2, -0.15) is 0 Å². The smallest absolute Gasteiger partial charge is 0.285 e. The SMILES string of the molecule is Cc1cccnc1CCNC(=O)C(C)(OCc1ccc(-c2ccccc2)cc1)C(=O)NO. The van der Waals surface area contributed by atoms with E-state index in [1.807, 2.05) is 73.7 Å². The largest absolute Gasteiger partial charge is 0.353 e. The molecule has 32 heavy (non-hydrogen) atoms. The van der Waals surface area contributed by atoms with E-state index in [2.05, 4.69) is 10.3 Å². The molecule has 0 aliphatic rings. The van der Waals surface area contributed by atoms with Gasteiger partial charge in [0.15, 0.2) is 0 Å². The molecule has 0 spiro atoms. The van der Waals surface area contributed by atoms with Crippen molar-refractivity contribution in [2.45, 2.75) is 32.5 Å². The molecule has 0 bridgehead atoms. The number of nitrogens with zero attached hydrogens (tertiary/aromatic N) is 1. The molecule has 1 atom stereocenters. The topological polar surface area (TPSA) is 101 Å². The molecule has 7 heteroatoms. The van der Waals surface area contributed by atoms with Crippen LogP contribution in [0.3, 0.4) is 0 Å². The Kier molecular flexibility index (Phi) is 7.70. The maximum atomic E-state index is 12.8. The monoisotopic (exact) mass is 433 g/mol. The van der Waals surface area contributed by atoms with Gasteiger partial charge in [0.2, 0.25) is 5.60 Å². The lowest BCUT2D eigenvalue weighted by Crippen LogP contribution is -2.56. The lowest BCUT2D eigenvalue weighted by atomic mass is 10.0. The van der Waals surface area contributed by atoms with Crippen molar-refractivity contribution >= 4 is 11.8 Å². The normalized spacial score (nSPS) is 12.6. The molecule has 0 aliphatic carbocycles. The van der Waals surface area contributed by atoms with Crippen LogP contribution in [0.5, 0.6) is 0 Å². The first kappa shape index (κ1) is 23.1. The van der Waals surface area contributed by atoms with Crippen LogP contribution in [0.1, 0.15) is 23.7 Å². The third-order valence-corrected chi connectivity index (χ3v) is 5.32. The number of benzene rings is 2. The van der Waals surface area contributed by atoms with Gasteiger partial charge in [0.1, 0.15) is 0 Å². The van der Waals surface area contributed by atoms with Gasteiger partial charge in [-0.15, -0.1) is 0 Å². The van der Waals surface area contributed by atoms with Crippen molar-refractivity contribution in [3.05, 3.63) is 89.7 Å². The summed E-state index contributed by atoms with van der Waals surface area (Å²) in [5, 5.41) is 11.9. The Labute approximate surface area is 187 Å². The van der Waals surface area contributed by atoms with Crippen LogP contribution in [0.25, 0.3) is 11.1 Å². The number of aryl methyl sites for hydroxylation is 1. The number of rotatable bonds is 9. The molecular formula is C25H27N3O4. The molecule has 7 nitrogen and oxygen atoms in total. The Morgan fingerprint density at radius 1 is 0.969 bits per heavy atom. The molecule has 0 fully saturated rings. The number of amides is 2. The van der Waals surface area contributed by atoms with Crippen molar-refractivity contribution in [1.29, 1.82) is 0 Å². The predicted octanol–water partition coefficient (Wildman–Crippen LogP) is 3.20. The van der Waals surface area contributed by atoms with Crippen LogP contribution < -0.4 is 10.8 Å². The van der Waals surface area contributed by atoms with Gasteiger partial charge in [-0.3, -0.25) is 19.8 Å². The maximum absolute atomic E-state index is 12.8. The number of nitrogens with one attached hydrogen (secondary N) is 2. The number of carbonyl (C=O) groups is 2. The number of aromatic nitrogens is 1. The molecule has 0 radical (unpaired) electrons. The van der Waals surface area contributed by atoms with Gasteiger partial charge >= 0.3 is 0 Å². The third kappa shape index (κ3) is 5.57. The second-order valence-electron chi connectivity index (χ2n) is 7.60. The highest BCUT2D eigenvalue weighted by Gasteiger charge is 2.42. The summed E-state index contributed by atoms with van der Waals surface area (Å²) >= 11 is 0. The van der Waals surface area contributed by atoms with E-state index in [1.165, 1.54) is 12.4 Å². The van der Waals surface area contributed by atoms with Gasteiger partial charge in [0, 0.05) is 24.9 Å². The predicted molar refractivity (Wildman–Crippen MR) is 121 cm³/mol. The quantitative estimate of drug-likeness (QED) is 0.273. The zero-order valence-corrected chi connectivity index (χ0v) is 18.2. The molecule has 0 saturated heterocycles. The molecule has 1 heterocycles. The average molecular weight is 434 g/mol. The number of ether oxygens (including phenoxy) is 1. The van der Waals surface area contributed by atoms with Gasteiger partial charge in [-0.05, 0) is 42.2 Å². The number of carbonyl (C=O) groups excluding carboxylic acids is 2. The van der Waals surface area contributed by atoms with E-state index >= 15 is 0 Å². The molecule has 2 aromatic carbocycles. The maximum Gasteiger partial charge on any atom is 0.285 e. The number of hydrogen-bond acceptors (Lipinski definition) is 5. The van der Waals surface area contributed by atoms with Crippen molar-refractivity contribution in [2.24, 2.45) is 0 Å². The van der Waals surface area contributed by atoms with E-state index < -0.39 is 17.4 Å². The van der Waals surface area contributed by atoms with Crippen LogP contribution in [-0.2, 0) is 27.4 Å². The molecule has 1 aromatic heterocycles. The van der Waals surface area contributed by atoms with Crippen LogP contribution in [0.2, 0.25) is 0 Å². The fourth-order valence-electron chi connectivity index (χ4n) is 3.24. The van der Waals surface area contributed by atoms with Gasteiger partial charge in [-0.1, -0.05) is 60.7 Å². The van der Waals surface area contributed by atoms with E-state index in [4.69, 9.17) is 9.94 Å². The van der Waals surface area contributed by atoms with Crippen molar-refractivity contribution in [3.8, 4) is 11.1 Å². The zero-order chi connectivity index (χ0) is 23.0. The highest BCUT2D eigenvalue weighted by atomic mass is 16.5. The van der Waals surface area contributed by atoms with Gasteiger partial charge in [-0.25, -0.2) is 5.48 Å². The summed E-state index contributed by atoms with van der Waals surface area (Å²) in [4.78, 5) is 29.3. The summed E-state index contributed by atoms with van der Waals surface area (Å²) in [7, 11) is 0. The molecule has 1 unspecified atom stereocenters. The fraction of sp³-hybridized carbons (Fsp3) is 0.240. The highest BCUT2D eigenvalue weighted by Crippen LogP contribution is 2.21. The Bertz CT molecular complexity index is 1050. The van der Waals surface area contributed by atoms with Crippen LogP contribution in [0.4, 0.5) is 0 Å². The lowest BCUT2D eigenvalue weighted by Gasteiger charge is -2.26. The number of pyridine rings is 1. The zero-order valence-electron chi connectivity index (χ0n) is 18.2. The minimum absolute atomic E-state index is 0.0196. The van der Waals surface area contributed by atoms with E-state index in [9.17, 15) is 9.59 Å². The van der Waals surface area contributed by atoms with Crippen molar-refractivity contribution in [1.82, 2.24) is 15.8 Å². The Balaban J connectivity index is 1.62. The Morgan fingerprint density at radius 2 is 1.66 bits per heavy atom. The number of hydroxylamine groups is 1. The molecule has 3 N–H and O–H groups in total. The highest BCUT2D eigenvalue weighted by molar-refractivity contribution is 6.07. The van der Waals surface area contributed by atoms with Gasteiger partial charge in [0.05, 0.1) is 6.61 Å². The first-order valence-corrected chi connectivity index (χ1v) is 10.4. The summed E-state index contributed by atoms with van der Waals surface area (Å²) in [6.07, 6.45) is 2.20. The van der Waals surface area contributed by atoms with Gasteiger partial charge < -0.3 is 10.1 Å². The standard InChI is InChI=1S/C25H27N3O4/c1-18-7-6-15-26-22(18)14-16-27-23(29)25(2,24(30)28-31)32-17-19-10-12-21(13-11-19)20-8-4-3-5-9-20/h3-13,15,31H,14,16-17H2,1-2H3,(H,27,29)(H,28,30). The summed E-state index contributed by atoms with van der Waals surface area (Å²) in [5.74, 6) is -1.58. The van der Waals surface area contributed by atoms with E-state index in [0.29, 0.717) is 6.42 Å². The summed E-state index contributed by atoms with van der Waals surface area (Å²) in [5.41, 5.74) is 4.45. The second kappa shape index (κ2) is 10.7. The lowest BCUT2D eigenvalue weighted by molar-refractivity contribution is -0.166. The molecule has 0 aliphatic heterocycles. The van der Waals surface area contributed by atoms with Crippen LogP contribution in [0, 0.1) is 6.92 Å². The molecule has 3 rings (SSSR count). The first-order chi connectivity index (χ1) is 15.4. The van der Waals surface area contributed by atoms with Crippen molar-refractivity contribution < 1.29 is 19.5 Å². The van der Waals surface area contributed by atoms with Gasteiger partial charge in [0.25, 0.3) is 11.8 Å². The fourth-order valence-corrected chi connectivity index (χ4v) is 3.24. The molecule has 3 aromatic rings. The van der Waals surface area contributed by atoms with E-state index in [-0.39, 0.29) is 13.2 Å². The van der Waals surface area contributed by atoms with E-state index in [1.54, 1.807) is 6.20 Å². The molecule has 2 amide bonds. The van der Waals surface area contributed by atoms with Crippen LogP contribution >= 0.6 is 0 Å². The Morgan fingerprint density at radius 3 is 2.31 bits per heavy atom.